The molecular formula is C19H25NO. The number of hydrogen-bond donors (Lipinski definition) is 1. The molecule has 1 N–H and O–H groups in total. The van der Waals surface area contributed by atoms with Gasteiger partial charge in [-0.25, -0.2) is 0 Å². The summed E-state index contributed by atoms with van der Waals surface area (Å²) in [6.45, 7) is 9.48. The first kappa shape index (κ1) is 15.6. The molecule has 0 fully saturated rings. The third kappa shape index (κ3) is 4.08. The zero-order chi connectivity index (χ0) is 15.2. The SMILES string of the molecule is CCNC(CC)c1ccccc1Oc1cc(C)cc(C)c1. The number of ether oxygens (including phenoxy) is 1. The van der Waals surface area contributed by atoms with Gasteiger partial charge in [0, 0.05) is 11.6 Å². The Morgan fingerprint density at radius 2 is 1.67 bits per heavy atom. The molecule has 112 valence electrons. The molecule has 0 aliphatic heterocycles. The number of para-hydroxylation sites is 1. The maximum Gasteiger partial charge on any atom is 0.132 e. The summed E-state index contributed by atoms with van der Waals surface area (Å²) in [7, 11) is 0. The first-order valence-corrected chi connectivity index (χ1v) is 7.72. The summed E-state index contributed by atoms with van der Waals surface area (Å²) in [6.07, 6.45) is 1.04. The van der Waals surface area contributed by atoms with Crippen LogP contribution in [0, 0.1) is 13.8 Å². The third-order valence-electron chi connectivity index (χ3n) is 3.58. The number of rotatable bonds is 6. The van der Waals surface area contributed by atoms with E-state index in [1.54, 1.807) is 0 Å². The quantitative estimate of drug-likeness (QED) is 0.791. The summed E-state index contributed by atoms with van der Waals surface area (Å²) in [5.74, 6) is 1.85. The Labute approximate surface area is 128 Å². The van der Waals surface area contributed by atoms with E-state index in [9.17, 15) is 0 Å². The van der Waals surface area contributed by atoms with Gasteiger partial charge in [0.2, 0.25) is 0 Å². The summed E-state index contributed by atoms with van der Waals surface area (Å²) in [4.78, 5) is 0. The highest BCUT2D eigenvalue weighted by atomic mass is 16.5. The minimum absolute atomic E-state index is 0.331. The van der Waals surface area contributed by atoms with Gasteiger partial charge in [0.05, 0.1) is 0 Å². The smallest absolute Gasteiger partial charge is 0.132 e. The molecule has 0 aliphatic carbocycles. The zero-order valence-electron chi connectivity index (χ0n) is 13.4. The minimum Gasteiger partial charge on any atom is -0.457 e. The third-order valence-corrected chi connectivity index (χ3v) is 3.58. The van der Waals surface area contributed by atoms with E-state index in [-0.39, 0.29) is 0 Å². The molecule has 21 heavy (non-hydrogen) atoms. The van der Waals surface area contributed by atoms with Gasteiger partial charge in [-0.3, -0.25) is 0 Å². The molecule has 2 nitrogen and oxygen atoms in total. The number of benzene rings is 2. The Morgan fingerprint density at radius 3 is 2.29 bits per heavy atom. The number of hydrogen-bond acceptors (Lipinski definition) is 2. The molecule has 1 unspecified atom stereocenters. The summed E-state index contributed by atoms with van der Waals surface area (Å²) < 4.78 is 6.16. The predicted molar refractivity (Wildman–Crippen MR) is 89.1 cm³/mol. The normalized spacial score (nSPS) is 12.2. The average molecular weight is 283 g/mol. The van der Waals surface area contributed by atoms with Gasteiger partial charge in [-0.15, -0.1) is 0 Å². The van der Waals surface area contributed by atoms with Gasteiger partial charge in [0.25, 0.3) is 0 Å². The maximum atomic E-state index is 6.16. The van der Waals surface area contributed by atoms with E-state index < -0.39 is 0 Å². The molecule has 0 saturated carbocycles. The lowest BCUT2D eigenvalue weighted by Crippen LogP contribution is -2.20. The Hall–Kier alpha value is -1.80. The zero-order valence-corrected chi connectivity index (χ0v) is 13.4. The second kappa shape index (κ2) is 7.28. The van der Waals surface area contributed by atoms with Crippen LogP contribution >= 0.6 is 0 Å². The Morgan fingerprint density at radius 1 is 1.00 bits per heavy atom. The van der Waals surface area contributed by atoms with E-state index >= 15 is 0 Å². The molecule has 1 atom stereocenters. The van der Waals surface area contributed by atoms with Crippen molar-refractivity contribution in [1.82, 2.24) is 5.32 Å². The molecule has 0 aliphatic rings. The lowest BCUT2D eigenvalue weighted by molar-refractivity contribution is 0.452. The first-order chi connectivity index (χ1) is 10.1. The summed E-state index contributed by atoms with van der Waals surface area (Å²) in [5, 5.41) is 3.52. The monoisotopic (exact) mass is 283 g/mol. The van der Waals surface area contributed by atoms with Crippen molar-refractivity contribution in [1.29, 1.82) is 0 Å². The fourth-order valence-electron chi connectivity index (χ4n) is 2.70. The van der Waals surface area contributed by atoms with Crippen LogP contribution in [0.3, 0.4) is 0 Å². The molecule has 0 aromatic heterocycles. The van der Waals surface area contributed by atoms with Crippen LogP contribution in [0.2, 0.25) is 0 Å². The first-order valence-electron chi connectivity index (χ1n) is 7.72. The lowest BCUT2D eigenvalue weighted by Gasteiger charge is -2.20. The highest BCUT2D eigenvalue weighted by molar-refractivity contribution is 5.41. The van der Waals surface area contributed by atoms with Crippen molar-refractivity contribution in [3.8, 4) is 11.5 Å². The highest BCUT2D eigenvalue weighted by Gasteiger charge is 2.13. The predicted octanol–water partition coefficient (Wildman–Crippen LogP) is 5.16. The molecule has 0 spiro atoms. The summed E-state index contributed by atoms with van der Waals surface area (Å²) in [6, 6.07) is 14.9. The topological polar surface area (TPSA) is 21.3 Å². The maximum absolute atomic E-state index is 6.16. The Kier molecular flexibility index (Phi) is 5.40. The lowest BCUT2D eigenvalue weighted by atomic mass is 10.0. The van der Waals surface area contributed by atoms with Crippen LogP contribution in [0.15, 0.2) is 42.5 Å². The van der Waals surface area contributed by atoms with Crippen molar-refractivity contribution in [2.45, 2.75) is 40.2 Å². The largest absolute Gasteiger partial charge is 0.457 e. The van der Waals surface area contributed by atoms with Crippen molar-refractivity contribution in [3.05, 3.63) is 59.2 Å². The van der Waals surface area contributed by atoms with Crippen LogP contribution < -0.4 is 10.1 Å². The van der Waals surface area contributed by atoms with Crippen molar-refractivity contribution < 1.29 is 4.74 Å². The van der Waals surface area contributed by atoms with Crippen molar-refractivity contribution in [3.63, 3.8) is 0 Å². The van der Waals surface area contributed by atoms with Crippen LogP contribution in [-0.2, 0) is 0 Å². The van der Waals surface area contributed by atoms with Crippen molar-refractivity contribution in [2.75, 3.05) is 6.54 Å². The van der Waals surface area contributed by atoms with E-state index in [0.717, 1.165) is 24.5 Å². The molecule has 0 radical (unpaired) electrons. The minimum atomic E-state index is 0.331. The molecule has 2 aromatic rings. The molecule has 0 amide bonds. The molecule has 2 heteroatoms. The van der Waals surface area contributed by atoms with Gasteiger partial charge in [0.15, 0.2) is 0 Å². The van der Waals surface area contributed by atoms with Crippen LogP contribution in [0.25, 0.3) is 0 Å². The van der Waals surface area contributed by atoms with Crippen LogP contribution in [0.1, 0.15) is 43.0 Å². The second-order valence-electron chi connectivity index (χ2n) is 5.48. The molecular weight excluding hydrogens is 258 g/mol. The highest BCUT2D eigenvalue weighted by Crippen LogP contribution is 2.31. The van der Waals surface area contributed by atoms with E-state index in [0.29, 0.717) is 6.04 Å². The van der Waals surface area contributed by atoms with Crippen molar-refractivity contribution in [2.24, 2.45) is 0 Å². The second-order valence-corrected chi connectivity index (χ2v) is 5.48. The van der Waals surface area contributed by atoms with Crippen LogP contribution in [-0.4, -0.2) is 6.54 Å². The van der Waals surface area contributed by atoms with Crippen LogP contribution in [0.4, 0.5) is 0 Å². The van der Waals surface area contributed by atoms with Gasteiger partial charge in [-0.1, -0.05) is 38.1 Å². The van der Waals surface area contributed by atoms with Gasteiger partial charge < -0.3 is 10.1 Å². The van der Waals surface area contributed by atoms with Gasteiger partial charge in [-0.05, 0) is 56.1 Å². The average Bonchev–Trinajstić information content (AvgIpc) is 2.44. The number of nitrogens with one attached hydrogen (secondary N) is 1. The Bertz CT molecular complexity index is 572. The number of aryl methyl sites for hydroxylation is 2. The fraction of sp³-hybridized carbons (Fsp3) is 0.368. The molecule has 2 aromatic carbocycles. The van der Waals surface area contributed by atoms with Crippen molar-refractivity contribution >= 4 is 0 Å². The summed E-state index contributed by atoms with van der Waals surface area (Å²) in [5.41, 5.74) is 3.67. The van der Waals surface area contributed by atoms with Gasteiger partial charge in [0.1, 0.15) is 11.5 Å². The molecule has 0 saturated heterocycles. The molecule has 0 bridgehead atoms. The molecule has 0 heterocycles. The molecule has 2 rings (SSSR count). The van der Waals surface area contributed by atoms with E-state index in [4.69, 9.17) is 4.74 Å². The van der Waals surface area contributed by atoms with Gasteiger partial charge in [-0.2, -0.15) is 0 Å². The fourth-order valence-corrected chi connectivity index (χ4v) is 2.70. The van der Waals surface area contributed by atoms with E-state index in [1.165, 1.54) is 16.7 Å². The van der Waals surface area contributed by atoms with Crippen LogP contribution in [0.5, 0.6) is 11.5 Å². The standard InChI is InChI=1S/C19H25NO/c1-5-18(20-6-2)17-9-7-8-10-19(17)21-16-12-14(3)11-15(4)13-16/h7-13,18,20H,5-6H2,1-4H3. The Balaban J connectivity index is 2.31. The van der Waals surface area contributed by atoms with E-state index in [2.05, 4.69) is 63.3 Å². The van der Waals surface area contributed by atoms with Gasteiger partial charge >= 0.3 is 0 Å². The summed E-state index contributed by atoms with van der Waals surface area (Å²) >= 11 is 0. The van der Waals surface area contributed by atoms with E-state index in [1.807, 2.05) is 12.1 Å².